The van der Waals surface area contributed by atoms with E-state index < -0.39 is 21.2 Å². The van der Waals surface area contributed by atoms with Crippen LogP contribution in [0, 0.1) is 16.7 Å². The highest BCUT2D eigenvalue weighted by atomic mass is 28.3. The summed E-state index contributed by atoms with van der Waals surface area (Å²) in [6, 6.07) is 10.6. The Labute approximate surface area is 183 Å². The highest BCUT2D eigenvalue weighted by Gasteiger charge is 2.92. The average molecular weight is 441 g/mol. The van der Waals surface area contributed by atoms with Gasteiger partial charge in [-0.15, -0.1) is 0 Å². The van der Waals surface area contributed by atoms with Crippen LogP contribution in [0.1, 0.15) is 33.6 Å². The third-order valence-electron chi connectivity index (χ3n) is 8.21. The number of ether oxygens (including phenoxy) is 1. The number of ketones is 1. The highest BCUT2D eigenvalue weighted by Crippen LogP contribution is 2.92. The second kappa shape index (κ2) is 6.29. The van der Waals surface area contributed by atoms with E-state index in [4.69, 9.17) is 4.74 Å². The van der Waals surface area contributed by atoms with E-state index in [0.717, 1.165) is 18.0 Å². The zero-order valence-electron chi connectivity index (χ0n) is 19.8. The van der Waals surface area contributed by atoms with Crippen LogP contribution in [0.3, 0.4) is 0 Å². The first kappa shape index (κ1) is 21.8. The van der Waals surface area contributed by atoms with Crippen LogP contribution >= 0.6 is 0 Å². The second-order valence-electron chi connectivity index (χ2n) is 11.9. The lowest BCUT2D eigenvalue weighted by atomic mass is 9.88. The van der Waals surface area contributed by atoms with Crippen molar-refractivity contribution in [3.8, 4) is 0 Å². The molecule has 162 valence electrons. The molecule has 30 heavy (non-hydrogen) atoms. The molecule has 5 heteroatoms. The molecule has 3 aliphatic carbocycles. The Balaban J connectivity index is 1.98. The van der Waals surface area contributed by atoms with E-state index in [-0.39, 0.29) is 22.7 Å². The fourth-order valence-corrected chi connectivity index (χ4v) is 14.4. The highest BCUT2D eigenvalue weighted by molar-refractivity contribution is 7.01. The van der Waals surface area contributed by atoms with Gasteiger partial charge in [0.2, 0.25) is 0 Å². The first-order valence-electron chi connectivity index (χ1n) is 11.3. The van der Waals surface area contributed by atoms with E-state index in [9.17, 15) is 9.59 Å². The molecule has 0 N–H and O–H groups in total. The van der Waals surface area contributed by atoms with Crippen molar-refractivity contribution >= 4 is 33.1 Å². The van der Waals surface area contributed by atoms with Crippen molar-refractivity contribution in [1.82, 2.24) is 0 Å². The van der Waals surface area contributed by atoms with Crippen molar-refractivity contribution in [3.05, 3.63) is 41.1 Å². The van der Waals surface area contributed by atoms with Crippen LogP contribution in [0.25, 0.3) is 0 Å². The minimum Gasteiger partial charge on any atom is -0.466 e. The van der Waals surface area contributed by atoms with Gasteiger partial charge in [-0.05, 0) is 30.4 Å². The molecule has 0 aromatic heterocycles. The van der Waals surface area contributed by atoms with Gasteiger partial charge in [0.25, 0.3) is 0 Å². The van der Waals surface area contributed by atoms with Gasteiger partial charge in [-0.1, -0.05) is 87.7 Å². The summed E-state index contributed by atoms with van der Waals surface area (Å²) in [6.07, 6.45) is 1.86. The Kier molecular flexibility index (Phi) is 4.56. The van der Waals surface area contributed by atoms with Gasteiger partial charge in [-0.3, -0.25) is 9.59 Å². The number of hydrogen-bond acceptors (Lipinski definition) is 3. The van der Waals surface area contributed by atoms with Crippen molar-refractivity contribution in [3.63, 3.8) is 0 Å². The Morgan fingerprint density at radius 3 is 2.23 bits per heavy atom. The van der Waals surface area contributed by atoms with Gasteiger partial charge in [0, 0.05) is 5.41 Å². The zero-order chi connectivity index (χ0) is 22.3. The van der Waals surface area contributed by atoms with E-state index in [1.54, 1.807) is 0 Å². The number of benzene rings is 1. The van der Waals surface area contributed by atoms with Gasteiger partial charge in [-0.25, -0.2) is 0 Å². The predicted molar refractivity (Wildman–Crippen MR) is 127 cm³/mol. The number of allylic oxidation sites excluding steroid dienone is 2. The largest absolute Gasteiger partial charge is 0.466 e. The summed E-state index contributed by atoms with van der Waals surface area (Å²) >= 11 is 0. The van der Waals surface area contributed by atoms with Crippen molar-refractivity contribution in [2.75, 3.05) is 6.61 Å². The molecule has 2 fully saturated rings. The molecule has 0 radical (unpaired) electrons. The molecule has 1 spiro atoms. The fourth-order valence-electron chi connectivity index (χ4n) is 7.43. The molecule has 2 saturated carbocycles. The van der Waals surface area contributed by atoms with Crippen molar-refractivity contribution < 1.29 is 14.3 Å². The van der Waals surface area contributed by atoms with E-state index in [2.05, 4.69) is 70.8 Å². The maximum absolute atomic E-state index is 14.5. The van der Waals surface area contributed by atoms with E-state index in [1.165, 1.54) is 10.8 Å². The molecule has 0 bridgehead atoms. The Morgan fingerprint density at radius 1 is 1.10 bits per heavy atom. The minimum absolute atomic E-state index is 0.106. The molecule has 0 saturated heterocycles. The number of carbonyl (C=O) groups is 2. The number of esters is 1. The molecule has 1 unspecified atom stereocenters. The third-order valence-corrected chi connectivity index (χ3v) is 15.1. The lowest BCUT2D eigenvalue weighted by molar-refractivity contribution is -0.146. The fraction of sp³-hybridized carbons (Fsp3) is 0.600. The number of rotatable bonds is 5. The summed E-state index contributed by atoms with van der Waals surface area (Å²) < 4.78 is 5.57. The minimum atomic E-state index is -2.18. The summed E-state index contributed by atoms with van der Waals surface area (Å²) in [5.74, 6) is -0.0994. The van der Waals surface area contributed by atoms with Crippen LogP contribution < -0.4 is 5.19 Å². The van der Waals surface area contributed by atoms with E-state index in [0.29, 0.717) is 12.4 Å². The van der Waals surface area contributed by atoms with Crippen molar-refractivity contribution in [1.29, 1.82) is 0 Å². The Morgan fingerprint density at radius 2 is 1.70 bits per heavy atom. The molecule has 0 aliphatic heterocycles. The zero-order valence-corrected chi connectivity index (χ0v) is 21.8. The van der Waals surface area contributed by atoms with E-state index >= 15 is 0 Å². The molecule has 3 atom stereocenters. The quantitative estimate of drug-likeness (QED) is 0.473. The van der Waals surface area contributed by atoms with Crippen LogP contribution in [0.15, 0.2) is 41.1 Å². The van der Waals surface area contributed by atoms with Gasteiger partial charge in [0.05, 0.1) is 25.6 Å². The standard InChI is InChI=1S/C25H36O3Si2/c1-9-28-22(27)20-24-16-23(2,3)15-18(24)19(21(26)25(20,24)29(4,5)6)30(7,8)17-13-11-10-12-14-17/h10-14,20H,9,15-16H2,1-8H3/t20-,24?,25+/m1/s1. The second-order valence-corrected chi connectivity index (χ2v) is 21.5. The Hall–Kier alpha value is -1.47. The normalized spacial score (nSPS) is 32.1. The number of hydrogen-bond donors (Lipinski definition) is 0. The van der Waals surface area contributed by atoms with Crippen LogP contribution in [0.4, 0.5) is 0 Å². The van der Waals surface area contributed by atoms with Gasteiger partial charge in [0.1, 0.15) is 8.07 Å². The summed E-state index contributed by atoms with van der Waals surface area (Å²) in [5, 5.41) is 1.91. The number of carbonyl (C=O) groups excluding carboxylic acids is 2. The van der Waals surface area contributed by atoms with Gasteiger partial charge in [0.15, 0.2) is 5.78 Å². The monoisotopic (exact) mass is 440 g/mol. The topological polar surface area (TPSA) is 43.4 Å². The van der Waals surface area contributed by atoms with Gasteiger partial charge in [-0.2, -0.15) is 0 Å². The molecule has 4 rings (SSSR count). The summed E-state index contributed by atoms with van der Waals surface area (Å²) in [7, 11) is -4.22. The third kappa shape index (κ3) is 2.42. The summed E-state index contributed by atoms with van der Waals surface area (Å²) in [5.41, 5.74) is 1.14. The predicted octanol–water partition coefficient (Wildman–Crippen LogP) is 5.10. The molecular weight excluding hydrogens is 404 g/mol. The Bertz CT molecular complexity index is 954. The van der Waals surface area contributed by atoms with Crippen LogP contribution in [0.2, 0.25) is 37.8 Å². The SMILES string of the molecule is CCOC(=O)[C@@H]1C23CC(C)(C)CC2=C([Si](C)(C)c2ccccc2)C(=O)[C@@]13[Si](C)(C)C. The van der Waals surface area contributed by atoms with Crippen molar-refractivity contribution in [2.24, 2.45) is 16.7 Å². The molecule has 0 heterocycles. The lowest BCUT2D eigenvalue weighted by Crippen LogP contribution is -2.49. The molecule has 3 aliphatic rings. The first-order valence-corrected chi connectivity index (χ1v) is 17.8. The summed E-state index contributed by atoms with van der Waals surface area (Å²) in [4.78, 5) is 27.7. The molecule has 3 nitrogen and oxygen atoms in total. The smallest absolute Gasteiger partial charge is 0.310 e. The van der Waals surface area contributed by atoms with Crippen LogP contribution in [-0.2, 0) is 14.3 Å². The maximum atomic E-state index is 14.5. The van der Waals surface area contributed by atoms with Crippen LogP contribution in [0.5, 0.6) is 0 Å². The van der Waals surface area contributed by atoms with Gasteiger partial charge >= 0.3 is 5.97 Å². The number of Topliss-reactive ketones (excluding diaryl/α,β-unsaturated/α-hetero) is 1. The molecule has 1 aromatic carbocycles. The average Bonchev–Trinajstić information content (AvgIpc) is 3.06. The molecular formula is C25H36O3Si2. The lowest BCUT2D eigenvalue weighted by Gasteiger charge is -2.33. The molecule has 1 aromatic rings. The van der Waals surface area contributed by atoms with Gasteiger partial charge < -0.3 is 4.74 Å². The van der Waals surface area contributed by atoms with Crippen molar-refractivity contribution in [2.45, 2.75) is 71.4 Å². The van der Waals surface area contributed by atoms with Crippen LogP contribution in [-0.4, -0.2) is 34.5 Å². The first-order chi connectivity index (χ1) is 13.8. The van der Waals surface area contributed by atoms with E-state index in [1.807, 2.05) is 13.0 Å². The molecule has 0 amide bonds. The summed E-state index contributed by atoms with van der Waals surface area (Å²) in [6.45, 7) is 18.4. The maximum Gasteiger partial charge on any atom is 0.310 e.